The fourth-order valence-corrected chi connectivity index (χ4v) is 4.58. The molecule has 6 nitrogen and oxygen atoms in total. The van der Waals surface area contributed by atoms with Gasteiger partial charge in [0.1, 0.15) is 5.69 Å². The van der Waals surface area contributed by atoms with Crippen molar-refractivity contribution in [2.75, 3.05) is 13.6 Å². The number of nitrogens with zero attached hydrogens (tertiary/aromatic N) is 3. The highest BCUT2D eigenvalue weighted by atomic mass is 32.1. The van der Waals surface area contributed by atoms with E-state index in [0.29, 0.717) is 16.5 Å². The Morgan fingerprint density at radius 1 is 1.38 bits per heavy atom. The van der Waals surface area contributed by atoms with Crippen LogP contribution in [0.4, 0.5) is 0 Å². The second-order valence-corrected chi connectivity index (χ2v) is 8.30. The first-order valence-corrected chi connectivity index (χ1v) is 9.88. The van der Waals surface area contributed by atoms with Gasteiger partial charge in [-0.05, 0) is 43.4 Å². The molecular formula is C19H26N4O2S. The number of rotatable bonds is 5. The predicted octanol–water partition coefficient (Wildman–Crippen LogP) is 3.02. The monoisotopic (exact) mass is 374 g/mol. The second kappa shape index (κ2) is 7.61. The molecule has 0 radical (unpaired) electrons. The van der Waals surface area contributed by atoms with Gasteiger partial charge in [0.25, 0.3) is 11.8 Å². The lowest BCUT2D eigenvalue weighted by Gasteiger charge is -2.23. The smallest absolute Gasteiger partial charge is 0.272 e. The Kier molecular flexibility index (Phi) is 5.46. The lowest BCUT2D eigenvalue weighted by molar-refractivity contribution is 0.0726. The summed E-state index contributed by atoms with van der Waals surface area (Å²) in [6.07, 6.45) is 2.77. The van der Waals surface area contributed by atoms with Crippen LogP contribution in [-0.4, -0.2) is 40.1 Å². The summed E-state index contributed by atoms with van der Waals surface area (Å²) in [5.41, 5.74) is 1.59. The van der Waals surface area contributed by atoms with Crippen molar-refractivity contribution in [3.63, 3.8) is 0 Å². The fourth-order valence-electron chi connectivity index (χ4n) is 3.47. The maximum atomic E-state index is 13.1. The molecule has 1 atom stereocenters. The molecule has 0 saturated carbocycles. The number of hydrogen-bond acceptors (Lipinski definition) is 4. The minimum absolute atomic E-state index is 0.0207. The third-order valence-electron chi connectivity index (χ3n) is 4.69. The summed E-state index contributed by atoms with van der Waals surface area (Å²) in [6.45, 7) is 5.03. The Balaban J connectivity index is 1.81. The van der Waals surface area contributed by atoms with Crippen LogP contribution in [0, 0.1) is 5.92 Å². The van der Waals surface area contributed by atoms with E-state index in [4.69, 9.17) is 0 Å². The average molecular weight is 375 g/mol. The molecular weight excluding hydrogens is 348 g/mol. The summed E-state index contributed by atoms with van der Waals surface area (Å²) in [7, 11) is 3.46. The molecule has 2 aromatic rings. The van der Waals surface area contributed by atoms with Gasteiger partial charge in [0.2, 0.25) is 0 Å². The van der Waals surface area contributed by atoms with E-state index in [-0.39, 0.29) is 17.9 Å². The Morgan fingerprint density at radius 2 is 2.15 bits per heavy atom. The van der Waals surface area contributed by atoms with Crippen molar-refractivity contribution in [1.29, 1.82) is 0 Å². The zero-order valence-electron chi connectivity index (χ0n) is 15.8. The molecule has 1 aliphatic rings. The van der Waals surface area contributed by atoms with E-state index in [1.807, 2.05) is 30.1 Å². The van der Waals surface area contributed by atoms with Gasteiger partial charge in [-0.1, -0.05) is 13.8 Å². The Morgan fingerprint density at radius 3 is 2.85 bits per heavy atom. The minimum Gasteiger partial charge on any atom is -0.354 e. The van der Waals surface area contributed by atoms with Gasteiger partial charge >= 0.3 is 0 Å². The van der Waals surface area contributed by atoms with E-state index < -0.39 is 0 Å². The number of carbonyl (C=O) groups is 2. The number of amides is 2. The van der Waals surface area contributed by atoms with Crippen LogP contribution in [0.3, 0.4) is 0 Å². The van der Waals surface area contributed by atoms with E-state index in [1.165, 1.54) is 11.3 Å². The van der Waals surface area contributed by atoms with Crippen molar-refractivity contribution in [3.8, 4) is 0 Å². The zero-order valence-corrected chi connectivity index (χ0v) is 16.6. The van der Waals surface area contributed by atoms with Crippen molar-refractivity contribution in [2.24, 2.45) is 13.0 Å². The van der Waals surface area contributed by atoms with E-state index in [9.17, 15) is 9.59 Å². The van der Waals surface area contributed by atoms with Crippen molar-refractivity contribution >= 4 is 23.2 Å². The molecule has 1 saturated heterocycles. The molecule has 3 heterocycles. The quantitative estimate of drug-likeness (QED) is 0.875. The third kappa shape index (κ3) is 3.67. The van der Waals surface area contributed by atoms with Crippen molar-refractivity contribution in [1.82, 2.24) is 20.0 Å². The maximum absolute atomic E-state index is 13.1. The SMILES string of the molecule is CNC(=O)c1ccc([C@H]2CCCN2C(=O)c2cc(CC(C)C)nn2C)s1. The topological polar surface area (TPSA) is 67.2 Å². The first-order valence-electron chi connectivity index (χ1n) is 9.06. The Labute approximate surface area is 158 Å². The van der Waals surface area contributed by atoms with Gasteiger partial charge in [0.05, 0.1) is 16.6 Å². The summed E-state index contributed by atoms with van der Waals surface area (Å²) >= 11 is 1.47. The molecule has 3 rings (SSSR count). The summed E-state index contributed by atoms with van der Waals surface area (Å²) < 4.78 is 1.69. The van der Waals surface area contributed by atoms with Gasteiger partial charge < -0.3 is 10.2 Å². The molecule has 140 valence electrons. The fraction of sp³-hybridized carbons (Fsp3) is 0.526. The Hall–Kier alpha value is -2.15. The van der Waals surface area contributed by atoms with Crippen LogP contribution in [0.5, 0.6) is 0 Å². The van der Waals surface area contributed by atoms with Crippen molar-refractivity contribution in [2.45, 2.75) is 39.2 Å². The van der Waals surface area contributed by atoms with Crippen LogP contribution in [0.25, 0.3) is 0 Å². The lowest BCUT2D eigenvalue weighted by atomic mass is 10.1. The maximum Gasteiger partial charge on any atom is 0.272 e. The van der Waals surface area contributed by atoms with E-state index in [2.05, 4.69) is 24.3 Å². The van der Waals surface area contributed by atoms with E-state index >= 15 is 0 Å². The molecule has 0 spiro atoms. The number of aryl methyl sites for hydroxylation is 1. The number of likely N-dealkylation sites (tertiary alicyclic amines) is 1. The average Bonchev–Trinajstić information content (AvgIpc) is 3.31. The molecule has 7 heteroatoms. The molecule has 0 unspecified atom stereocenters. The molecule has 2 amide bonds. The minimum atomic E-state index is -0.0814. The number of hydrogen-bond donors (Lipinski definition) is 1. The molecule has 26 heavy (non-hydrogen) atoms. The van der Waals surface area contributed by atoms with Crippen LogP contribution >= 0.6 is 11.3 Å². The van der Waals surface area contributed by atoms with E-state index in [1.54, 1.807) is 11.7 Å². The van der Waals surface area contributed by atoms with Crippen LogP contribution in [-0.2, 0) is 13.5 Å². The van der Waals surface area contributed by atoms with Gasteiger partial charge in [0, 0.05) is 25.5 Å². The molecule has 0 aliphatic carbocycles. The van der Waals surface area contributed by atoms with Gasteiger partial charge in [-0.15, -0.1) is 11.3 Å². The number of aromatic nitrogens is 2. The molecule has 1 N–H and O–H groups in total. The van der Waals surface area contributed by atoms with Crippen molar-refractivity contribution in [3.05, 3.63) is 39.3 Å². The van der Waals surface area contributed by atoms with Crippen LogP contribution in [0.2, 0.25) is 0 Å². The van der Waals surface area contributed by atoms with Crippen LogP contribution in [0.1, 0.15) is 63.5 Å². The summed E-state index contributed by atoms with van der Waals surface area (Å²) in [5, 5.41) is 7.15. The third-order valence-corrected chi connectivity index (χ3v) is 5.87. The standard InChI is InChI=1S/C19H26N4O2S/c1-12(2)10-13-11-15(22(4)21-13)19(25)23-9-5-6-14(23)16-7-8-17(26-16)18(24)20-3/h7-8,11-12,14H,5-6,9-10H2,1-4H3,(H,20,24)/t14-/m1/s1. The number of carbonyl (C=O) groups excluding carboxylic acids is 2. The summed E-state index contributed by atoms with van der Waals surface area (Å²) in [6, 6.07) is 5.76. The molecule has 1 aliphatic heterocycles. The second-order valence-electron chi connectivity index (χ2n) is 7.18. The summed E-state index contributed by atoms with van der Waals surface area (Å²) in [5.74, 6) is 0.441. The van der Waals surface area contributed by atoms with Crippen molar-refractivity contribution < 1.29 is 9.59 Å². The highest BCUT2D eigenvalue weighted by molar-refractivity contribution is 7.14. The molecule has 0 bridgehead atoms. The van der Waals surface area contributed by atoms with Crippen LogP contribution < -0.4 is 5.32 Å². The highest BCUT2D eigenvalue weighted by Crippen LogP contribution is 2.36. The normalized spacial score (nSPS) is 17.1. The first-order chi connectivity index (χ1) is 12.4. The molecule has 0 aromatic carbocycles. The molecule has 2 aromatic heterocycles. The van der Waals surface area contributed by atoms with Crippen LogP contribution in [0.15, 0.2) is 18.2 Å². The lowest BCUT2D eigenvalue weighted by Crippen LogP contribution is -2.31. The molecule has 1 fully saturated rings. The number of thiophene rings is 1. The van der Waals surface area contributed by atoms with Gasteiger partial charge in [-0.2, -0.15) is 5.10 Å². The largest absolute Gasteiger partial charge is 0.354 e. The predicted molar refractivity (Wildman–Crippen MR) is 102 cm³/mol. The van der Waals surface area contributed by atoms with Gasteiger partial charge in [-0.25, -0.2) is 0 Å². The van der Waals surface area contributed by atoms with E-state index in [0.717, 1.165) is 36.4 Å². The highest BCUT2D eigenvalue weighted by Gasteiger charge is 2.33. The summed E-state index contributed by atoms with van der Waals surface area (Å²) in [4.78, 5) is 28.6. The zero-order chi connectivity index (χ0) is 18.8. The van der Waals surface area contributed by atoms with Gasteiger partial charge in [0.15, 0.2) is 0 Å². The first kappa shape index (κ1) is 18.6. The number of nitrogens with one attached hydrogen (secondary N) is 1. The van der Waals surface area contributed by atoms with Gasteiger partial charge in [-0.3, -0.25) is 14.3 Å². The Bertz CT molecular complexity index is 808.